The molecule has 0 unspecified atom stereocenters. The van der Waals surface area contributed by atoms with Gasteiger partial charge in [0, 0.05) is 6.20 Å². The number of halogens is 1. The molecular weight excluding hydrogens is 226 g/mol. The highest BCUT2D eigenvalue weighted by atomic mass is 35.5. The molecule has 2 aromatic rings. The minimum absolute atomic E-state index is 0.293. The molecule has 0 aliphatic heterocycles. The Morgan fingerprint density at radius 1 is 1.44 bits per heavy atom. The Kier molecular flexibility index (Phi) is 3.01. The second-order valence-electron chi connectivity index (χ2n) is 3.44. The van der Waals surface area contributed by atoms with Gasteiger partial charge in [0.25, 0.3) is 0 Å². The highest BCUT2D eigenvalue weighted by Crippen LogP contribution is 2.18. The van der Waals surface area contributed by atoms with Gasteiger partial charge in [-0.25, -0.2) is 4.68 Å². The van der Waals surface area contributed by atoms with Crippen LogP contribution in [0.15, 0.2) is 30.5 Å². The summed E-state index contributed by atoms with van der Waals surface area (Å²) >= 11 is 5.78. The van der Waals surface area contributed by atoms with Gasteiger partial charge in [0.15, 0.2) is 12.5 Å². The number of para-hydroxylation sites is 1. The third-order valence-electron chi connectivity index (χ3n) is 2.19. The van der Waals surface area contributed by atoms with Gasteiger partial charge >= 0.3 is 0 Å². The molecule has 1 heterocycles. The summed E-state index contributed by atoms with van der Waals surface area (Å²) in [4.78, 5) is 0. The zero-order valence-corrected chi connectivity index (χ0v) is 9.61. The SMILES string of the molecule is Cc1ccccc1OCn1cc(Cl)c(N)n1. The summed E-state index contributed by atoms with van der Waals surface area (Å²) < 4.78 is 7.14. The Balaban J connectivity index is 2.05. The molecule has 0 aliphatic carbocycles. The number of benzene rings is 1. The maximum atomic E-state index is 5.78. The molecule has 0 spiro atoms. The van der Waals surface area contributed by atoms with Crippen LogP contribution >= 0.6 is 11.6 Å². The summed E-state index contributed by atoms with van der Waals surface area (Å²) in [6.45, 7) is 2.28. The van der Waals surface area contributed by atoms with Gasteiger partial charge < -0.3 is 10.5 Å². The number of aryl methyl sites for hydroxylation is 1. The summed E-state index contributed by atoms with van der Waals surface area (Å²) in [6.07, 6.45) is 1.63. The van der Waals surface area contributed by atoms with Crippen LogP contribution in [0.3, 0.4) is 0 Å². The van der Waals surface area contributed by atoms with Gasteiger partial charge in [-0.05, 0) is 18.6 Å². The van der Waals surface area contributed by atoms with E-state index in [1.54, 1.807) is 10.9 Å². The van der Waals surface area contributed by atoms with Crippen molar-refractivity contribution in [2.75, 3.05) is 5.73 Å². The smallest absolute Gasteiger partial charge is 0.181 e. The van der Waals surface area contributed by atoms with Gasteiger partial charge in [0.05, 0.1) is 0 Å². The average Bonchev–Trinajstić information content (AvgIpc) is 2.57. The van der Waals surface area contributed by atoms with E-state index in [4.69, 9.17) is 22.1 Å². The summed E-state index contributed by atoms with van der Waals surface area (Å²) in [5.74, 6) is 1.14. The number of nitrogens with two attached hydrogens (primary N) is 1. The van der Waals surface area contributed by atoms with E-state index in [0.29, 0.717) is 17.6 Å². The molecule has 2 N–H and O–H groups in total. The highest BCUT2D eigenvalue weighted by molar-refractivity contribution is 6.32. The van der Waals surface area contributed by atoms with E-state index in [0.717, 1.165) is 11.3 Å². The number of aromatic nitrogens is 2. The number of nitrogens with zero attached hydrogens (tertiary/aromatic N) is 2. The maximum Gasteiger partial charge on any atom is 0.181 e. The Hall–Kier alpha value is -1.68. The van der Waals surface area contributed by atoms with E-state index >= 15 is 0 Å². The molecule has 2 rings (SSSR count). The van der Waals surface area contributed by atoms with Crippen LogP contribution in [0.4, 0.5) is 5.82 Å². The van der Waals surface area contributed by atoms with Crippen molar-refractivity contribution in [2.24, 2.45) is 0 Å². The third-order valence-corrected chi connectivity index (χ3v) is 2.48. The molecule has 0 amide bonds. The summed E-state index contributed by atoms with van der Waals surface area (Å²) in [6, 6.07) is 7.78. The number of anilines is 1. The molecule has 16 heavy (non-hydrogen) atoms. The zero-order valence-electron chi connectivity index (χ0n) is 8.85. The predicted octanol–water partition coefficient (Wildman–Crippen LogP) is 2.46. The van der Waals surface area contributed by atoms with Crippen molar-refractivity contribution in [3.63, 3.8) is 0 Å². The van der Waals surface area contributed by atoms with Gasteiger partial charge in [0.2, 0.25) is 0 Å². The monoisotopic (exact) mass is 237 g/mol. The molecule has 0 aliphatic rings. The average molecular weight is 238 g/mol. The largest absolute Gasteiger partial charge is 0.471 e. The second-order valence-corrected chi connectivity index (χ2v) is 3.85. The fourth-order valence-electron chi connectivity index (χ4n) is 1.33. The van der Waals surface area contributed by atoms with E-state index in [2.05, 4.69) is 5.10 Å². The first-order valence-electron chi connectivity index (χ1n) is 4.83. The van der Waals surface area contributed by atoms with Gasteiger partial charge in [-0.15, -0.1) is 0 Å². The van der Waals surface area contributed by atoms with Crippen LogP contribution in [0.25, 0.3) is 0 Å². The Morgan fingerprint density at radius 3 is 2.81 bits per heavy atom. The first kappa shape index (κ1) is 10.8. The van der Waals surface area contributed by atoms with Crippen molar-refractivity contribution < 1.29 is 4.74 Å². The lowest BCUT2D eigenvalue weighted by molar-refractivity contribution is 0.220. The molecule has 0 fully saturated rings. The lowest BCUT2D eigenvalue weighted by Gasteiger charge is -2.08. The molecule has 1 aromatic heterocycles. The van der Waals surface area contributed by atoms with Crippen LogP contribution < -0.4 is 10.5 Å². The number of nitrogen functional groups attached to an aromatic ring is 1. The second kappa shape index (κ2) is 4.45. The lowest BCUT2D eigenvalue weighted by Crippen LogP contribution is -2.06. The van der Waals surface area contributed by atoms with Crippen molar-refractivity contribution in [3.05, 3.63) is 41.0 Å². The molecule has 0 saturated carbocycles. The molecule has 0 atom stereocenters. The third kappa shape index (κ3) is 2.28. The first-order valence-corrected chi connectivity index (χ1v) is 5.21. The molecule has 84 valence electrons. The normalized spacial score (nSPS) is 10.4. The van der Waals surface area contributed by atoms with Crippen molar-refractivity contribution in [1.29, 1.82) is 0 Å². The predicted molar refractivity (Wildman–Crippen MR) is 63.5 cm³/mol. The van der Waals surface area contributed by atoms with E-state index in [9.17, 15) is 0 Å². The Bertz CT molecular complexity index is 476. The lowest BCUT2D eigenvalue weighted by atomic mass is 10.2. The number of hydrogen-bond acceptors (Lipinski definition) is 3. The fourth-order valence-corrected chi connectivity index (χ4v) is 1.48. The number of ether oxygens (including phenoxy) is 1. The van der Waals surface area contributed by atoms with Crippen LogP contribution in [0, 0.1) is 6.92 Å². The minimum Gasteiger partial charge on any atom is -0.471 e. The quantitative estimate of drug-likeness (QED) is 0.892. The van der Waals surface area contributed by atoms with E-state index in [-0.39, 0.29) is 0 Å². The molecule has 0 radical (unpaired) electrons. The fraction of sp³-hybridized carbons (Fsp3) is 0.182. The molecule has 1 aromatic carbocycles. The molecule has 5 heteroatoms. The van der Waals surface area contributed by atoms with Gasteiger partial charge in [-0.3, -0.25) is 0 Å². The summed E-state index contributed by atoms with van der Waals surface area (Å²) in [7, 11) is 0. The first-order chi connectivity index (χ1) is 7.66. The zero-order chi connectivity index (χ0) is 11.5. The van der Waals surface area contributed by atoms with Crippen LogP contribution in [0.1, 0.15) is 5.56 Å². The van der Waals surface area contributed by atoms with Crippen molar-refractivity contribution in [2.45, 2.75) is 13.7 Å². The molecule has 4 nitrogen and oxygen atoms in total. The van der Waals surface area contributed by atoms with Crippen LogP contribution in [0.5, 0.6) is 5.75 Å². The number of hydrogen-bond donors (Lipinski definition) is 1. The molecule has 0 saturated heterocycles. The van der Waals surface area contributed by atoms with E-state index < -0.39 is 0 Å². The van der Waals surface area contributed by atoms with Gasteiger partial charge in [-0.1, -0.05) is 29.8 Å². The summed E-state index contributed by atoms with van der Waals surface area (Å²) in [5.41, 5.74) is 6.60. The van der Waals surface area contributed by atoms with Crippen molar-refractivity contribution >= 4 is 17.4 Å². The van der Waals surface area contributed by atoms with Crippen LogP contribution in [-0.2, 0) is 6.73 Å². The Labute approximate surface area is 98.6 Å². The van der Waals surface area contributed by atoms with E-state index in [1.165, 1.54) is 0 Å². The van der Waals surface area contributed by atoms with Crippen LogP contribution in [0.2, 0.25) is 5.02 Å². The maximum absolute atomic E-state index is 5.78. The van der Waals surface area contributed by atoms with Crippen molar-refractivity contribution in [1.82, 2.24) is 9.78 Å². The van der Waals surface area contributed by atoms with Crippen molar-refractivity contribution in [3.8, 4) is 5.75 Å². The molecular formula is C11H12ClN3O. The minimum atomic E-state index is 0.293. The van der Waals surface area contributed by atoms with Crippen LogP contribution in [-0.4, -0.2) is 9.78 Å². The van der Waals surface area contributed by atoms with Gasteiger partial charge in [0.1, 0.15) is 10.8 Å². The molecule has 0 bridgehead atoms. The summed E-state index contributed by atoms with van der Waals surface area (Å²) in [5, 5.41) is 4.43. The topological polar surface area (TPSA) is 53.1 Å². The highest BCUT2D eigenvalue weighted by Gasteiger charge is 2.03. The standard InChI is InChI=1S/C11H12ClN3O/c1-8-4-2-3-5-10(8)16-7-15-6-9(12)11(13)14-15/h2-6H,7H2,1H3,(H2,13,14). The van der Waals surface area contributed by atoms with E-state index in [1.807, 2.05) is 31.2 Å². The van der Waals surface area contributed by atoms with Gasteiger partial charge in [-0.2, -0.15) is 5.10 Å². The Morgan fingerprint density at radius 2 is 2.19 bits per heavy atom. The number of rotatable bonds is 3.